The van der Waals surface area contributed by atoms with Crippen molar-refractivity contribution in [2.45, 2.75) is 13.3 Å². The van der Waals surface area contributed by atoms with Gasteiger partial charge in [0.15, 0.2) is 0 Å². The first-order chi connectivity index (χ1) is 10.1. The van der Waals surface area contributed by atoms with E-state index >= 15 is 0 Å². The van der Waals surface area contributed by atoms with Crippen molar-refractivity contribution in [2.24, 2.45) is 0 Å². The van der Waals surface area contributed by atoms with Crippen molar-refractivity contribution in [3.63, 3.8) is 0 Å². The van der Waals surface area contributed by atoms with Gasteiger partial charge in [0.1, 0.15) is 7.14 Å². The standard InChI is InChI=1S/C17H19O3P/c1-15(18)20-13-8-14-21(19,16-9-4-2-5-10-16)17-11-6-3-7-12-17/h2-7,9-12H,8,13-14H2,1H3. The fourth-order valence-corrected chi connectivity index (χ4v) is 4.94. The van der Waals surface area contributed by atoms with E-state index in [0.717, 1.165) is 10.6 Å². The predicted octanol–water partition coefficient (Wildman–Crippen LogP) is 2.95. The highest BCUT2D eigenvalue weighted by Crippen LogP contribution is 2.43. The predicted molar refractivity (Wildman–Crippen MR) is 85.9 cm³/mol. The molecule has 0 aliphatic carbocycles. The van der Waals surface area contributed by atoms with Crippen LogP contribution in [0.4, 0.5) is 0 Å². The second kappa shape index (κ2) is 7.24. The third-order valence-electron chi connectivity index (χ3n) is 3.27. The molecule has 2 aromatic rings. The molecule has 0 saturated heterocycles. The van der Waals surface area contributed by atoms with Crippen LogP contribution >= 0.6 is 7.14 Å². The quantitative estimate of drug-likeness (QED) is 0.468. The summed E-state index contributed by atoms with van der Waals surface area (Å²) in [4.78, 5) is 10.8. The number of carbonyl (C=O) groups is 1. The summed E-state index contributed by atoms with van der Waals surface area (Å²) in [7, 11) is -2.68. The van der Waals surface area contributed by atoms with E-state index in [0.29, 0.717) is 19.2 Å². The number of carbonyl (C=O) groups excluding carboxylic acids is 1. The maximum atomic E-state index is 13.5. The van der Waals surface area contributed by atoms with Crippen LogP contribution < -0.4 is 10.6 Å². The maximum absolute atomic E-state index is 13.5. The van der Waals surface area contributed by atoms with Crippen molar-refractivity contribution in [1.82, 2.24) is 0 Å². The lowest BCUT2D eigenvalue weighted by Gasteiger charge is -2.19. The first-order valence-corrected chi connectivity index (χ1v) is 8.86. The Hall–Kier alpha value is -1.86. The molecule has 0 aromatic heterocycles. The fourth-order valence-electron chi connectivity index (χ4n) is 2.25. The van der Waals surface area contributed by atoms with Crippen LogP contribution in [-0.2, 0) is 14.1 Å². The molecule has 0 aliphatic rings. The summed E-state index contributed by atoms with van der Waals surface area (Å²) in [6, 6.07) is 19.0. The minimum Gasteiger partial charge on any atom is -0.466 e. The molecule has 0 amide bonds. The summed E-state index contributed by atoms with van der Waals surface area (Å²) < 4.78 is 18.5. The Morgan fingerprint density at radius 3 is 1.86 bits per heavy atom. The topological polar surface area (TPSA) is 43.4 Å². The first-order valence-electron chi connectivity index (χ1n) is 6.96. The average Bonchev–Trinajstić information content (AvgIpc) is 2.53. The summed E-state index contributed by atoms with van der Waals surface area (Å²) in [6.45, 7) is 1.69. The minimum atomic E-state index is -2.68. The van der Waals surface area contributed by atoms with Crippen molar-refractivity contribution in [2.75, 3.05) is 12.8 Å². The molecule has 2 aromatic carbocycles. The highest BCUT2D eigenvalue weighted by atomic mass is 31.2. The molecule has 2 rings (SSSR count). The van der Waals surface area contributed by atoms with Gasteiger partial charge in [0.25, 0.3) is 0 Å². The molecular formula is C17H19O3P. The van der Waals surface area contributed by atoms with Crippen LogP contribution in [0.3, 0.4) is 0 Å². The van der Waals surface area contributed by atoms with Gasteiger partial charge in [-0.25, -0.2) is 0 Å². The third kappa shape index (κ3) is 4.05. The molecule has 0 radical (unpaired) electrons. The highest BCUT2D eigenvalue weighted by Gasteiger charge is 2.26. The molecule has 0 N–H and O–H groups in total. The Morgan fingerprint density at radius 1 is 0.952 bits per heavy atom. The van der Waals surface area contributed by atoms with Crippen LogP contribution in [0.5, 0.6) is 0 Å². The summed E-state index contributed by atoms with van der Waals surface area (Å²) in [5, 5.41) is 1.69. The van der Waals surface area contributed by atoms with Crippen molar-refractivity contribution in [3.05, 3.63) is 60.7 Å². The SMILES string of the molecule is CC(=O)OCCCP(=O)(c1ccccc1)c1ccccc1. The lowest BCUT2D eigenvalue weighted by molar-refractivity contribution is -0.140. The summed E-state index contributed by atoms with van der Waals surface area (Å²) in [5.74, 6) is -0.302. The Morgan fingerprint density at radius 2 is 1.43 bits per heavy atom. The fraction of sp³-hybridized carbons (Fsp3) is 0.235. The largest absolute Gasteiger partial charge is 0.466 e. The van der Waals surface area contributed by atoms with Gasteiger partial charge in [-0.1, -0.05) is 60.7 Å². The van der Waals surface area contributed by atoms with Crippen LogP contribution in [0.15, 0.2) is 60.7 Å². The van der Waals surface area contributed by atoms with Crippen LogP contribution in [0.2, 0.25) is 0 Å². The molecule has 0 fully saturated rings. The molecule has 0 bridgehead atoms. The van der Waals surface area contributed by atoms with E-state index < -0.39 is 7.14 Å². The molecule has 0 aliphatic heterocycles. The van der Waals surface area contributed by atoms with Crippen LogP contribution in [0.25, 0.3) is 0 Å². The van der Waals surface area contributed by atoms with Crippen molar-refractivity contribution < 1.29 is 14.1 Å². The number of benzene rings is 2. The molecule has 4 heteroatoms. The molecular weight excluding hydrogens is 283 g/mol. The summed E-state index contributed by atoms with van der Waals surface area (Å²) >= 11 is 0. The Kier molecular flexibility index (Phi) is 5.35. The lowest BCUT2D eigenvalue weighted by atomic mass is 10.4. The Balaban J connectivity index is 2.23. The minimum absolute atomic E-state index is 0.302. The zero-order valence-corrected chi connectivity index (χ0v) is 13.0. The molecule has 0 unspecified atom stereocenters. The van der Waals surface area contributed by atoms with Gasteiger partial charge in [-0.15, -0.1) is 0 Å². The van der Waals surface area contributed by atoms with Gasteiger partial charge in [-0.2, -0.15) is 0 Å². The molecule has 0 saturated carbocycles. The normalized spacial score (nSPS) is 11.1. The monoisotopic (exact) mass is 302 g/mol. The van der Waals surface area contributed by atoms with Crippen molar-refractivity contribution in [3.8, 4) is 0 Å². The second-order valence-electron chi connectivity index (χ2n) is 4.83. The summed E-state index contributed by atoms with van der Waals surface area (Å²) in [5.41, 5.74) is 0. The van der Waals surface area contributed by atoms with Crippen LogP contribution in [0.1, 0.15) is 13.3 Å². The molecule has 0 heterocycles. The summed E-state index contributed by atoms with van der Waals surface area (Å²) in [6.07, 6.45) is 1.08. The highest BCUT2D eigenvalue weighted by molar-refractivity contribution is 7.78. The number of esters is 1. The lowest BCUT2D eigenvalue weighted by Crippen LogP contribution is -2.19. The molecule has 0 spiro atoms. The van der Waals surface area contributed by atoms with E-state index in [1.165, 1.54) is 6.92 Å². The van der Waals surface area contributed by atoms with Gasteiger partial charge in [0.05, 0.1) is 6.61 Å². The van der Waals surface area contributed by atoms with Gasteiger partial charge >= 0.3 is 5.97 Å². The molecule has 21 heavy (non-hydrogen) atoms. The zero-order valence-electron chi connectivity index (χ0n) is 12.1. The smallest absolute Gasteiger partial charge is 0.302 e. The average molecular weight is 302 g/mol. The van der Waals surface area contributed by atoms with Crippen LogP contribution in [0, 0.1) is 0 Å². The molecule has 110 valence electrons. The Bertz CT molecular complexity index is 579. The number of ether oxygens (including phenoxy) is 1. The molecule has 0 atom stereocenters. The molecule has 3 nitrogen and oxygen atoms in total. The van der Waals surface area contributed by atoms with Gasteiger partial charge in [0.2, 0.25) is 0 Å². The van der Waals surface area contributed by atoms with Crippen molar-refractivity contribution in [1.29, 1.82) is 0 Å². The van der Waals surface area contributed by atoms with Gasteiger partial charge in [0, 0.05) is 23.7 Å². The maximum Gasteiger partial charge on any atom is 0.302 e. The third-order valence-corrected chi connectivity index (χ3v) is 6.48. The van der Waals surface area contributed by atoms with E-state index in [1.807, 2.05) is 60.7 Å². The number of rotatable bonds is 6. The Labute approximate surface area is 125 Å². The zero-order chi connectivity index (χ0) is 15.1. The van der Waals surface area contributed by atoms with Crippen LogP contribution in [-0.4, -0.2) is 18.7 Å². The van der Waals surface area contributed by atoms with E-state index in [2.05, 4.69) is 0 Å². The van der Waals surface area contributed by atoms with Crippen molar-refractivity contribution >= 4 is 23.7 Å². The number of hydrogen-bond acceptors (Lipinski definition) is 3. The van der Waals surface area contributed by atoms with E-state index in [-0.39, 0.29) is 5.97 Å². The van der Waals surface area contributed by atoms with Gasteiger partial charge in [-0.05, 0) is 6.42 Å². The van der Waals surface area contributed by atoms with Gasteiger partial charge in [-0.3, -0.25) is 4.79 Å². The van der Waals surface area contributed by atoms with Gasteiger partial charge < -0.3 is 9.30 Å². The van der Waals surface area contributed by atoms with E-state index in [9.17, 15) is 9.36 Å². The van der Waals surface area contributed by atoms with E-state index in [1.54, 1.807) is 0 Å². The van der Waals surface area contributed by atoms with E-state index in [4.69, 9.17) is 4.74 Å². The number of hydrogen-bond donors (Lipinski definition) is 0. The first kappa shape index (κ1) is 15.5. The second-order valence-corrected chi connectivity index (χ2v) is 7.79.